The second-order valence-electron chi connectivity index (χ2n) is 8.66. The quantitative estimate of drug-likeness (QED) is 0.0813. The molecule has 9 nitrogen and oxygen atoms in total. The van der Waals surface area contributed by atoms with Crippen LogP contribution in [-0.4, -0.2) is 40.8 Å². The van der Waals surface area contributed by atoms with Crippen molar-refractivity contribution in [3.05, 3.63) is 95.0 Å². The van der Waals surface area contributed by atoms with Crippen molar-refractivity contribution in [1.29, 1.82) is 0 Å². The van der Waals surface area contributed by atoms with Crippen molar-refractivity contribution in [2.75, 3.05) is 17.7 Å². The van der Waals surface area contributed by atoms with Gasteiger partial charge in [0.25, 0.3) is 0 Å². The highest BCUT2D eigenvalue weighted by molar-refractivity contribution is 7.79. The number of aliphatic hydroxyl groups is 1. The zero-order chi connectivity index (χ0) is 29.4. The van der Waals surface area contributed by atoms with E-state index in [1.807, 2.05) is 66.7 Å². The van der Waals surface area contributed by atoms with Crippen LogP contribution >= 0.6 is 23.2 Å². The van der Waals surface area contributed by atoms with Crippen molar-refractivity contribution in [1.82, 2.24) is 4.98 Å². The Kier molecular flexibility index (Phi) is 10.6. The van der Waals surface area contributed by atoms with Crippen LogP contribution in [0.2, 0.25) is 10.0 Å². The highest BCUT2D eigenvalue weighted by Crippen LogP contribution is 2.31. The number of anilines is 3. The number of fused-ring (bicyclic) bond motifs is 2. The topological polar surface area (TPSA) is 138 Å². The predicted molar refractivity (Wildman–Crippen MR) is 160 cm³/mol. The van der Waals surface area contributed by atoms with Gasteiger partial charge in [0.2, 0.25) is 27.1 Å². The lowest BCUT2D eigenvalue weighted by atomic mass is 10.1. The number of halogens is 2. The summed E-state index contributed by atoms with van der Waals surface area (Å²) < 4.78 is 35.1. The lowest BCUT2D eigenvalue weighted by Crippen LogP contribution is -2.33. The summed E-state index contributed by atoms with van der Waals surface area (Å²) >= 11 is 12.3. The molecule has 12 heteroatoms. The Morgan fingerprint density at radius 3 is 1.95 bits per heavy atom. The molecule has 0 bridgehead atoms. The molecule has 0 unspecified atom stereocenters. The number of hydrogen-bond donors (Lipinski definition) is 4. The fourth-order valence-corrected chi connectivity index (χ4v) is 4.20. The van der Waals surface area contributed by atoms with Crippen LogP contribution in [0.25, 0.3) is 27.8 Å². The molecule has 40 heavy (non-hydrogen) atoms. The monoisotopic (exact) mass is 602 g/mol. The van der Waals surface area contributed by atoms with E-state index in [-0.39, 0.29) is 6.04 Å². The lowest BCUT2D eigenvalue weighted by Gasteiger charge is -2.17. The third-order valence-corrected chi connectivity index (χ3v) is 5.88. The first-order valence-electron chi connectivity index (χ1n) is 11.9. The molecule has 0 spiro atoms. The minimum absolute atomic E-state index is 0.255. The molecule has 210 valence electrons. The molecule has 5 rings (SSSR count). The number of aliphatic hydroxyl groups excluding tert-OH is 1. The number of hydrogen-bond acceptors (Lipinski definition) is 7. The molecule has 0 atom stereocenters. The van der Waals surface area contributed by atoms with Crippen LogP contribution in [0.1, 0.15) is 13.8 Å². The highest BCUT2D eigenvalue weighted by Gasteiger charge is 2.21. The van der Waals surface area contributed by atoms with E-state index in [9.17, 15) is 0 Å². The summed E-state index contributed by atoms with van der Waals surface area (Å²) in [6, 6.07) is 28.2. The Bertz CT molecular complexity index is 1690. The number of nitrogens with one attached hydrogen (secondary N) is 2. The SMILES string of the molecule is CC(C)Nc1cc2c(cc1Nc1ccc(Cl)cc1)nc1ccccc1[n+]2-c1ccc(Cl)cc1.CO.O=S(=O)([O-])O. The van der Waals surface area contributed by atoms with Gasteiger partial charge in [-0.2, -0.15) is 0 Å². The van der Waals surface area contributed by atoms with Crippen LogP contribution in [0.3, 0.4) is 0 Å². The third kappa shape index (κ3) is 8.49. The summed E-state index contributed by atoms with van der Waals surface area (Å²) in [4.78, 5) is 4.98. The number of para-hydroxylation sites is 2. The van der Waals surface area contributed by atoms with Gasteiger partial charge in [0.15, 0.2) is 0 Å². The first kappa shape index (κ1) is 31.0. The molecule has 0 amide bonds. The summed E-state index contributed by atoms with van der Waals surface area (Å²) in [6.45, 7) is 4.25. The van der Waals surface area contributed by atoms with Crippen molar-refractivity contribution < 1.29 is 27.2 Å². The van der Waals surface area contributed by atoms with Gasteiger partial charge < -0.3 is 20.3 Å². The molecule has 0 aliphatic rings. The first-order valence-corrected chi connectivity index (χ1v) is 14.1. The summed E-state index contributed by atoms with van der Waals surface area (Å²) in [6.07, 6.45) is 0. The van der Waals surface area contributed by atoms with Crippen molar-refractivity contribution in [2.45, 2.75) is 19.9 Å². The Morgan fingerprint density at radius 2 is 1.38 bits per heavy atom. The van der Waals surface area contributed by atoms with Crippen molar-refractivity contribution in [2.24, 2.45) is 0 Å². The van der Waals surface area contributed by atoms with Crippen LogP contribution in [-0.2, 0) is 10.4 Å². The number of rotatable bonds is 5. The van der Waals surface area contributed by atoms with Gasteiger partial charge in [-0.05, 0) is 62.4 Å². The maximum Gasteiger partial charge on any atom is 0.239 e. The van der Waals surface area contributed by atoms with Gasteiger partial charge in [-0.3, -0.25) is 4.55 Å². The molecule has 0 saturated carbocycles. The Labute approximate surface area is 242 Å². The summed E-state index contributed by atoms with van der Waals surface area (Å²) in [5.74, 6) is 0. The van der Waals surface area contributed by atoms with E-state index in [0.29, 0.717) is 10.0 Å². The van der Waals surface area contributed by atoms with E-state index in [0.717, 1.165) is 51.9 Å². The smallest absolute Gasteiger partial charge is 0.239 e. The average Bonchev–Trinajstić information content (AvgIpc) is 2.90. The maximum atomic E-state index is 8.63. The van der Waals surface area contributed by atoms with Crippen LogP contribution in [0, 0.1) is 0 Å². The molecule has 0 saturated heterocycles. The molecule has 4 N–H and O–H groups in total. The summed E-state index contributed by atoms with van der Waals surface area (Å²) in [5, 5.41) is 15.5. The molecule has 1 heterocycles. The number of benzene rings is 4. The Hall–Kier alpha value is -3.51. The average molecular weight is 604 g/mol. The third-order valence-electron chi connectivity index (χ3n) is 5.37. The van der Waals surface area contributed by atoms with Crippen LogP contribution in [0.15, 0.2) is 84.9 Å². The van der Waals surface area contributed by atoms with E-state index >= 15 is 0 Å². The molecule has 0 aliphatic carbocycles. The van der Waals surface area contributed by atoms with Crippen molar-refractivity contribution in [3.63, 3.8) is 0 Å². The molecule has 0 aliphatic heterocycles. The van der Waals surface area contributed by atoms with E-state index < -0.39 is 10.4 Å². The second-order valence-corrected chi connectivity index (χ2v) is 10.4. The zero-order valence-corrected chi connectivity index (χ0v) is 24.2. The molecule has 1 aromatic heterocycles. The van der Waals surface area contributed by atoms with Crippen LogP contribution < -0.4 is 15.2 Å². The fourth-order valence-electron chi connectivity index (χ4n) is 3.94. The summed E-state index contributed by atoms with van der Waals surface area (Å²) in [7, 11) is -3.92. The predicted octanol–water partition coefficient (Wildman–Crippen LogP) is 6.15. The van der Waals surface area contributed by atoms with Gasteiger partial charge in [-0.15, -0.1) is 4.57 Å². The van der Waals surface area contributed by atoms with Gasteiger partial charge in [-0.25, -0.2) is 13.4 Å². The van der Waals surface area contributed by atoms with E-state index in [1.165, 1.54) is 0 Å². The second kappa shape index (κ2) is 13.7. The number of nitrogens with zero attached hydrogens (tertiary/aromatic N) is 2. The molecular weight excluding hydrogens is 575 g/mol. The van der Waals surface area contributed by atoms with E-state index in [1.54, 1.807) is 0 Å². The standard InChI is InChI=1S/C27H22Cl2N4.CH4O.H2O4S/c1-17(2)30-24-16-27-25(15-23(24)31-20-11-7-18(28)8-12-20)32-22-5-3-4-6-26(22)33(27)21-13-9-19(29)10-14-21;1-2;1-5(2,3)4/h3-17H,1-2H3,(H,31,32);2H,1H3;(H2,1,2,3,4). The zero-order valence-electron chi connectivity index (χ0n) is 21.8. The minimum Gasteiger partial charge on any atom is -0.726 e. The van der Waals surface area contributed by atoms with Crippen molar-refractivity contribution >= 4 is 72.7 Å². The van der Waals surface area contributed by atoms with Gasteiger partial charge in [-0.1, -0.05) is 35.3 Å². The van der Waals surface area contributed by atoms with Crippen LogP contribution in [0.4, 0.5) is 17.1 Å². The molecular formula is C28H28Cl2N4O5S. The van der Waals surface area contributed by atoms with Gasteiger partial charge in [0.05, 0.1) is 11.4 Å². The largest absolute Gasteiger partial charge is 0.726 e. The van der Waals surface area contributed by atoms with Gasteiger partial charge >= 0.3 is 0 Å². The Morgan fingerprint density at radius 1 is 0.825 bits per heavy atom. The molecule has 0 radical (unpaired) electrons. The first-order chi connectivity index (χ1) is 19.0. The highest BCUT2D eigenvalue weighted by atomic mass is 35.5. The molecule has 0 fully saturated rings. The van der Waals surface area contributed by atoms with E-state index in [4.69, 9.17) is 50.8 Å². The Balaban J connectivity index is 0.000000570. The lowest BCUT2D eigenvalue weighted by molar-refractivity contribution is -0.538. The van der Waals surface area contributed by atoms with Gasteiger partial charge in [0, 0.05) is 53.1 Å². The number of aromatic nitrogens is 2. The molecule has 4 aromatic carbocycles. The van der Waals surface area contributed by atoms with Crippen LogP contribution in [0.5, 0.6) is 0 Å². The normalized spacial score (nSPS) is 10.9. The molecule has 5 aromatic rings. The van der Waals surface area contributed by atoms with Gasteiger partial charge in [0.1, 0.15) is 11.0 Å². The van der Waals surface area contributed by atoms with Crippen molar-refractivity contribution in [3.8, 4) is 5.69 Å². The summed E-state index contributed by atoms with van der Waals surface area (Å²) in [5.41, 5.74) is 7.75. The minimum atomic E-state index is -4.92. The maximum absolute atomic E-state index is 8.63. The fraction of sp³-hybridized carbons (Fsp3) is 0.143. The van der Waals surface area contributed by atoms with E-state index in [2.05, 4.69) is 47.2 Å².